The molecule has 0 bridgehead atoms. The van der Waals surface area contributed by atoms with Crippen molar-refractivity contribution in [1.82, 2.24) is 9.97 Å². The fourth-order valence-electron chi connectivity index (χ4n) is 0.761. The van der Waals surface area contributed by atoms with Crippen LogP contribution in [0.15, 0.2) is 18.7 Å². The number of aromatic nitrogens is 2. The summed E-state index contributed by atoms with van der Waals surface area (Å²) in [7, 11) is 0. The summed E-state index contributed by atoms with van der Waals surface area (Å²) >= 11 is 0. The highest BCUT2D eigenvalue weighted by Crippen LogP contribution is 2.10. The van der Waals surface area contributed by atoms with Gasteiger partial charge in [-0.1, -0.05) is 0 Å². The predicted octanol–water partition coefficient (Wildman–Crippen LogP) is -0.143. The van der Waals surface area contributed by atoms with Crippen molar-refractivity contribution in [3.8, 4) is 0 Å². The maximum atomic E-state index is 9.09. The van der Waals surface area contributed by atoms with Crippen LogP contribution in [0.1, 0.15) is 18.5 Å². The summed E-state index contributed by atoms with van der Waals surface area (Å²) in [6, 6.07) is -0.392. The summed E-state index contributed by atoms with van der Waals surface area (Å²) in [4.78, 5) is 7.57. The van der Waals surface area contributed by atoms with E-state index < -0.39 is 12.1 Å². The Kier molecular flexibility index (Phi) is 2.51. The van der Waals surface area contributed by atoms with Gasteiger partial charge in [-0.2, -0.15) is 0 Å². The number of aliphatic hydroxyl groups is 1. The molecule has 0 unspecified atom stereocenters. The summed E-state index contributed by atoms with van der Waals surface area (Å²) in [6.45, 7) is 1.64. The molecule has 60 valence electrons. The van der Waals surface area contributed by atoms with Gasteiger partial charge in [0.05, 0.1) is 12.1 Å². The second-order valence-electron chi connectivity index (χ2n) is 2.44. The molecule has 4 nitrogen and oxygen atoms in total. The standard InChI is InChI=1S/C7H11N3O/c1-5(11)7(8)6-2-9-4-10-3-6/h2-5,7,11H,8H2,1H3/t5-,7-/m0/s1. The van der Waals surface area contributed by atoms with Gasteiger partial charge in [-0.3, -0.25) is 0 Å². The van der Waals surface area contributed by atoms with E-state index in [2.05, 4.69) is 9.97 Å². The number of aliphatic hydroxyl groups excluding tert-OH is 1. The van der Waals surface area contributed by atoms with E-state index in [1.165, 1.54) is 6.33 Å². The van der Waals surface area contributed by atoms with Gasteiger partial charge in [-0.15, -0.1) is 0 Å². The minimum absolute atomic E-state index is 0.392. The summed E-state index contributed by atoms with van der Waals surface area (Å²) in [5, 5.41) is 9.09. The topological polar surface area (TPSA) is 72.0 Å². The lowest BCUT2D eigenvalue weighted by molar-refractivity contribution is 0.164. The fraction of sp³-hybridized carbons (Fsp3) is 0.429. The molecule has 2 atom stereocenters. The van der Waals surface area contributed by atoms with E-state index in [1.54, 1.807) is 19.3 Å². The lowest BCUT2D eigenvalue weighted by atomic mass is 10.1. The van der Waals surface area contributed by atoms with Crippen molar-refractivity contribution in [2.75, 3.05) is 0 Å². The highest BCUT2D eigenvalue weighted by Gasteiger charge is 2.11. The largest absolute Gasteiger partial charge is 0.391 e. The second kappa shape index (κ2) is 3.41. The van der Waals surface area contributed by atoms with E-state index in [9.17, 15) is 0 Å². The Morgan fingerprint density at radius 3 is 2.45 bits per heavy atom. The third kappa shape index (κ3) is 1.96. The lowest BCUT2D eigenvalue weighted by Gasteiger charge is -2.13. The number of nitrogens with two attached hydrogens (primary N) is 1. The number of rotatable bonds is 2. The Balaban J connectivity index is 2.77. The minimum Gasteiger partial charge on any atom is -0.391 e. The zero-order chi connectivity index (χ0) is 8.27. The Morgan fingerprint density at radius 2 is 2.00 bits per heavy atom. The molecule has 0 spiro atoms. The highest BCUT2D eigenvalue weighted by atomic mass is 16.3. The molecule has 0 aliphatic heterocycles. The van der Waals surface area contributed by atoms with Crippen LogP contribution >= 0.6 is 0 Å². The average Bonchev–Trinajstić information content (AvgIpc) is 2.05. The molecule has 0 amide bonds. The summed E-state index contributed by atoms with van der Waals surface area (Å²) < 4.78 is 0. The van der Waals surface area contributed by atoms with Gasteiger partial charge in [0.15, 0.2) is 0 Å². The quantitative estimate of drug-likeness (QED) is 0.620. The molecule has 11 heavy (non-hydrogen) atoms. The first kappa shape index (κ1) is 8.10. The number of hydrogen-bond donors (Lipinski definition) is 2. The molecule has 3 N–H and O–H groups in total. The Hall–Kier alpha value is -1.00. The molecule has 0 aliphatic carbocycles. The van der Waals surface area contributed by atoms with Gasteiger partial charge < -0.3 is 10.8 Å². The zero-order valence-electron chi connectivity index (χ0n) is 6.31. The van der Waals surface area contributed by atoms with Crippen molar-refractivity contribution in [2.24, 2.45) is 5.73 Å². The van der Waals surface area contributed by atoms with E-state index in [-0.39, 0.29) is 0 Å². The summed E-state index contributed by atoms with van der Waals surface area (Å²) in [5.41, 5.74) is 6.36. The molecule has 0 saturated carbocycles. The third-order valence-corrected chi connectivity index (χ3v) is 1.49. The van der Waals surface area contributed by atoms with Crippen LogP contribution in [0.5, 0.6) is 0 Å². The predicted molar refractivity (Wildman–Crippen MR) is 40.6 cm³/mol. The molecule has 1 heterocycles. The molecule has 4 heteroatoms. The molecule has 0 saturated heterocycles. The second-order valence-corrected chi connectivity index (χ2v) is 2.44. The van der Waals surface area contributed by atoms with Crippen molar-refractivity contribution in [3.05, 3.63) is 24.3 Å². The van der Waals surface area contributed by atoms with Crippen LogP contribution in [0.25, 0.3) is 0 Å². The van der Waals surface area contributed by atoms with Gasteiger partial charge in [0, 0.05) is 18.0 Å². The van der Waals surface area contributed by atoms with Crippen molar-refractivity contribution in [3.63, 3.8) is 0 Å². The van der Waals surface area contributed by atoms with Crippen LogP contribution < -0.4 is 5.73 Å². The van der Waals surface area contributed by atoms with Crippen molar-refractivity contribution >= 4 is 0 Å². The smallest absolute Gasteiger partial charge is 0.115 e. The maximum Gasteiger partial charge on any atom is 0.115 e. The van der Waals surface area contributed by atoms with Crippen LogP contribution in [-0.4, -0.2) is 21.2 Å². The van der Waals surface area contributed by atoms with Crippen LogP contribution in [0.2, 0.25) is 0 Å². The normalized spacial score (nSPS) is 15.9. The van der Waals surface area contributed by atoms with Gasteiger partial charge in [-0.25, -0.2) is 9.97 Å². The van der Waals surface area contributed by atoms with Gasteiger partial charge in [0.2, 0.25) is 0 Å². The molecule has 1 aromatic heterocycles. The molecule has 0 fully saturated rings. The van der Waals surface area contributed by atoms with Crippen LogP contribution in [0.3, 0.4) is 0 Å². The Morgan fingerprint density at radius 1 is 1.45 bits per heavy atom. The molecule has 1 rings (SSSR count). The lowest BCUT2D eigenvalue weighted by Crippen LogP contribution is -2.23. The van der Waals surface area contributed by atoms with Crippen molar-refractivity contribution < 1.29 is 5.11 Å². The summed E-state index contributed by atoms with van der Waals surface area (Å²) in [5.74, 6) is 0. The van der Waals surface area contributed by atoms with Gasteiger partial charge in [0.1, 0.15) is 6.33 Å². The van der Waals surface area contributed by atoms with Gasteiger partial charge >= 0.3 is 0 Å². The van der Waals surface area contributed by atoms with Crippen molar-refractivity contribution in [2.45, 2.75) is 19.1 Å². The van der Waals surface area contributed by atoms with E-state index >= 15 is 0 Å². The monoisotopic (exact) mass is 153 g/mol. The first-order chi connectivity index (χ1) is 5.22. The number of hydrogen-bond acceptors (Lipinski definition) is 4. The first-order valence-corrected chi connectivity index (χ1v) is 3.40. The summed E-state index contributed by atoms with van der Waals surface area (Å²) in [6.07, 6.45) is 4.06. The molecule has 1 aromatic rings. The minimum atomic E-state index is -0.569. The zero-order valence-corrected chi connectivity index (χ0v) is 6.31. The molecule has 0 radical (unpaired) electrons. The van der Waals surface area contributed by atoms with Crippen molar-refractivity contribution in [1.29, 1.82) is 0 Å². The van der Waals surface area contributed by atoms with Gasteiger partial charge in [-0.05, 0) is 6.92 Å². The van der Waals surface area contributed by atoms with Crippen LogP contribution in [0.4, 0.5) is 0 Å². The van der Waals surface area contributed by atoms with Crippen LogP contribution in [-0.2, 0) is 0 Å². The fourth-order valence-corrected chi connectivity index (χ4v) is 0.761. The highest BCUT2D eigenvalue weighted by molar-refractivity contribution is 5.09. The molecular weight excluding hydrogens is 142 g/mol. The van der Waals surface area contributed by atoms with E-state index in [0.717, 1.165) is 5.56 Å². The van der Waals surface area contributed by atoms with Crippen LogP contribution in [0, 0.1) is 0 Å². The Labute approximate surface area is 65.1 Å². The number of nitrogens with zero attached hydrogens (tertiary/aromatic N) is 2. The van der Waals surface area contributed by atoms with E-state index in [1.807, 2.05) is 0 Å². The Bertz CT molecular complexity index is 212. The molecular formula is C7H11N3O. The van der Waals surface area contributed by atoms with E-state index in [0.29, 0.717) is 0 Å². The first-order valence-electron chi connectivity index (χ1n) is 3.40. The van der Waals surface area contributed by atoms with E-state index in [4.69, 9.17) is 10.8 Å². The molecule has 0 aromatic carbocycles. The molecule has 0 aliphatic rings. The SMILES string of the molecule is C[C@H](O)[C@H](N)c1cncnc1. The van der Waals surface area contributed by atoms with Gasteiger partial charge in [0.25, 0.3) is 0 Å². The maximum absolute atomic E-state index is 9.09. The average molecular weight is 153 g/mol. The third-order valence-electron chi connectivity index (χ3n) is 1.49.